The van der Waals surface area contributed by atoms with Crippen molar-refractivity contribution in [2.45, 2.75) is 59.0 Å². The number of carbonyl (C=O) groups excluding carboxylic acids is 2. The largest absolute Gasteiger partial charge is 0.357 e. The summed E-state index contributed by atoms with van der Waals surface area (Å²) < 4.78 is 0. The van der Waals surface area contributed by atoms with E-state index in [0.717, 1.165) is 19.5 Å². The van der Waals surface area contributed by atoms with E-state index in [1.54, 1.807) is 0 Å². The zero-order valence-electron chi connectivity index (χ0n) is 14.8. The summed E-state index contributed by atoms with van der Waals surface area (Å²) in [6.07, 6.45) is 1.84. The molecule has 1 aliphatic heterocycles. The fourth-order valence-corrected chi connectivity index (χ4v) is 2.50. The third kappa shape index (κ3) is 7.34. The Balaban J connectivity index is 2.44. The zero-order chi connectivity index (χ0) is 17.2. The lowest BCUT2D eigenvalue weighted by Crippen LogP contribution is -2.45. The Kier molecular flexibility index (Phi) is 8.43. The molecular formula is C16H31N5O2. The molecule has 132 valence electrons. The van der Waals surface area contributed by atoms with Crippen LogP contribution in [0.15, 0.2) is 4.99 Å². The maximum absolute atomic E-state index is 11.7. The van der Waals surface area contributed by atoms with E-state index < -0.39 is 0 Å². The Morgan fingerprint density at radius 3 is 2.65 bits per heavy atom. The maximum Gasteiger partial charge on any atom is 0.222 e. The van der Waals surface area contributed by atoms with Gasteiger partial charge in [-0.15, -0.1) is 0 Å². The Bertz CT molecular complexity index is 423. The highest BCUT2D eigenvalue weighted by atomic mass is 16.2. The molecule has 0 spiro atoms. The second-order valence-electron chi connectivity index (χ2n) is 6.06. The van der Waals surface area contributed by atoms with Gasteiger partial charge in [-0.25, -0.2) is 0 Å². The zero-order valence-corrected chi connectivity index (χ0v) is 14.8. The first-order valence-electron chi connectivity index (χ1n) is 8.58. The monoisotopic (exact) mass is 325 g/mol. The van der Waals surface area contributed by atoms with Crippen molar-refractivity contribution < 1.29 is 9.59 Å². The van der Waals surface area contributed by atoms with Crippen LogP contribution in [0.4, 0.5) is 0 Å². The van der Waals surface area contributed by atoms with Crippen LogP contribution in [0.3, 0.4) is 0 Å². The molecular weight excluding hydrogens is 294 g/mol. The van der Waals surface area contributed by atoms with Crippen LogP contribution in [0.2, 0.25) is 0 Å². The van der Waals surface area contributed by atoms with Crippen molar-refractivity contribution in [3.05, 3.63) is 0 Å². The van der Waals surface area contributed by atoms with Crippen molar-refractivity contribution in [2.24, 2.45) is 4.99 Å². The van der Waals surface area contributed by atoms with Crippen molar-refractivity contribution in [2.75, 3.05) is 26.2 Å². The van der Waals surface area contributed by atoms with Crippen molar-refractivity contribution in [1.29, 1.82) is 0 Å². The summed E-state index contributed by atoms with van der Waals surface area (Å²) in [5, 5.41) is 9.39. The Hall–Kier alpha value is -1.79. The summed E-state index contributed by atoms with van der Waals surface area (Å²) in [6, 6.07) is 0.367. The summed E-state index contributed by atoms with van der Waals surface area (Å²) >= 11 is 0. The highest BCUT2D eigenvalue weighted by molar-refractivity contribution is 5.81. The number of rotatable bonds is 7. The number of nitrogens with zero attached hydrogens (tertiary/aromatic N) is 2. The fraction of sp³-hybridized carbons (Fsp3) is 0.812. The van der Waals surface area contributed by atoms with Gasteiger partial charge in [0.25, 0.3) is 0 Å². The SMILES string of the molecule is CCNC(=NCCC(=O)NC(C)C)NC1CCN(C(=O)CC)C1. The van der Waals surface area contributed by atoms with Crippen LogP contribution in [0, 0.1) is 0 Å². The number of amides is 2. The van der Waals surface area contributed by atoms with Crippen LogP contribution in [0.5, 0.6) is 0 Å². The molecule has 1 heterocycles. The Morgan fingerprint density at radius 1 is 1.30 bits per heavy atom. The van der Waals surface area contributed by atoms with Gasteiger partial charge in [-0.3, -0.25) is 14.6 Å². The van der Waals surface area contributed by atoms with Crippen LogP contribution in [-0.2, 0) is 9.59 Å². The number of nitrogens with one attached hydrogen (secondary N) is 3. The maximum atomic E-state index is 11.7. The number of hydrogen-bond acceptors (Lipinski definition) is 3. The van der Waals surface area contributed by atoms with Crippen molar-refractivity contribution >= 4 is 17.8 Å². The van der Waals surface area contributed by atoms with E-state index in [1.165, 1.54) is 0 Å². The first-order chi connectivity index (χ1) is 11.0. The summed E-state index contributed by atoms with van der Waals surface area (Å²) in [5.74, 6) is 0.919. The molecule has 0 saturated carbocycles. The average molecular weight is 325 g/mol. The molecule has 2 amide bonds. The van der Waals surface area contributed by atoms with E-state index in [9.17, 15) is 9.59 Å². The first kappa shape index (κ1) is 19.3. The highest BCUT2D eigenvalue weighted by Crippen LogP contribution is 2.10. The molecule has 1 unspecified atom stereocenters. The van der Waals surface area contributed by atoms with Gasteiger partial charge in [0.1, 0.15) is 0 Å². The topological polar surface area (TPSA) is 85.8 Å². The van der Waals surface area contributed by atoms with Crippen LogP contribution in [0.25, 0.3) is 0 Å². The third-order valence-electron chi connectivity index (χ3n) is 3.59. The molecule has 7 nitrogen and oxygen atoms in total. The number of aliphatic imine (C=N–C) groups is 1. The minimum absolute atomic E-state index is 0.0141. The van der Waals surface area contributed by atoms with E-state index in [0.29, 0.717) is 31.9 Å². The highest BCUT2D eigenvalue weighted by Gasteiger charge is 2.25. The smallest absolute Gasteiger partial charge is 0.222 e. The number of hydrogen-bond donors (Lipinski definition) is 3. The van der Waals surface area contributed by atoms with E-state index in [4.69, 9.17) is 0 Å². The average Bonchev–Trinajstić information content (AvgIpc) is 2.94. The predicted octanol–water partition coefficient (Wildman–Crippen LogP) is 0.467. The molecule has 0 aromatic heterocycles. The second-order valence-corrected chi connectivity index (χ2v) is 6.06. The molecule has 23 heavy (non-hydrogen) atoms. The second kappa shape index (κ2) is 10.1. The molecule has 7 heteroatoms. The Labute approximate surface area is 139 Å². The molecule has 0 aromatic carbocycles. The number of likely N-dealkylation sites (tertiary alicyclic amines) is 1. The Morgan fingerprint density at radius 2 is 2.04 bits per heavy atom. The molecule has 0 aliphatic carbocycles. The van der Waals surface area contributed by atoms with E-state index in [2.05, 4.69) is 20.9 Å². The minimum atomic E-state index is 0.0141. The summed E-state index contributed by atoms with van der Waals surface area (Å²) in [5.41, 5.74) is 0. The molecule has 1 rings (SSSR count). The van der Waals surface area contributed by atoms with Gasteiger partial charge in [-0.2, -0.15) is 0 Å². The summed E-state index contributed by atoms with van der Waals surface area (Å²) in [7, 11) is 0. The van der Waals surface area contributed by atoms with E-state index in [1.807, 2.05) is 32.6 Å². The van der Waals surface area contributed by atoms with Crippen molar-refractivity contribution in [3.63, 3.8) is 0 Å². The predicted molar refractivity (Wildman–Crippen MR) is 92.3 cm³/mol. The van der Waals surface area contributed by atoms with Gasteiger partial charge in [0.05, 0.1) is 6.54 Å². The van der Waals surface area contributed by atoms with Crippen LogP contribution in [-0.4, -0.2) is 60.9 Å². The van der Waals surface area contributed by atoms with Gasteiger partial charge in [0.2, 0.25) is 11.8 Å². The minimum Gasteiger partial charge on any atom is -0.357 e. The lowest BCUT2D eigenvalue weighted by Gasteiger charge is -2.18. The van der Waals surface area contributed by atoms with Gasteiger partial charge in [-0.1, -0.05) is 6.92 Å². The summed E-state index contributed by atoms with van der Waals surface area (Å²) in [6.45, 7) is 10.5. The fourth-order valence-electron chi connectivity index (χ4n) is 2.50. The van der Waals surface area contributed by atoms with E-state index >= 15 is 0 Å². The molecule has 3 N–H and O–H groups in total. The van der Waals surface area contributed by atoms with E-state index in [-0.39, 0.29) is 23.9 Å². The van der Waals surface area contributed by atoms with Gasteiger partial charge >= 0.3 is 0 Å². The van der Waals surface area contributed by atoms with Gasteiger partial charge in [0.15, 0.2) is 5.96 Å². The van der Waals surface area contributed by atoms with Crippen molar-refractivity contribution in [1.82, 2.24) is 20.9 Å². The molecule has 0 aromatic rings. The lowest BCUT2D eigenvalue weighted by molar-refractivity contribution is -0.129. The summed E-state index contributed by atoms with van der Waals surface area (Å²) in [4.78, 5) is 29.7. The molecule has 1 aliphatic rings. The number of carbonyl (C=O) groups is 2. The first-order valence-corrected chi connectivity index (χ1v) is 8.58. The molecule has 0 bridgehead atoms. The molecule has 1 saturated heterocycles. The van der Waals surface area contributed by atoms with Crippen molar-refractivity contribution in [3.8, 4) is 0 Å². The normalized spacial score (nSPS) is 18.2. The third-order valence-corrected chi connectivity index (χ3v) is 3.59. The molecule has 1 fully saturated rings. The van der Waals surface area contributed by atoms with Gasteiger partial charge in [-0.05, 0) is 27.2 Å². The quantitative estimate of drug-likeness (QED) is 0.469. The van der Waals surface area contributed by atoms with Crippen LogP contribution < -0.4 is 16.0 Å². The van der Waals surface area contributed by atoms with Crippen LogP contribution >= 0.6 is 0 Å². The van der Waals surface area contributed by atoms with Gasteiger partial charge < -0.3 is 20.9 Å². The lowest BCUT2D eigenvalue weighted by atomic mass is 10.3. The molecule has 1 atom stereocenters. The number of guanidine groups is 1. The molecule has 0 radical (unpaired) electrons. The van der Waals surface area contributed by atoms with Gasteiger partial charge in [0, 0.05) is 44.6 Å². The van der Waals surface area contributed by atoms with Crippen LogP contribution in [0.1, 0.15) is 47.0 Å². The standard InChI is InChI=1S/C16H31N5O2/c1-5-15(23)21-10-8-13(11-21)20-16(17-6-2)18-9-7-14(22)19-12(3)4/h12-13H,5-11H2,1-4H3,(H,19,22)(H2,17,18,20).